The van der Waals surface area contributed by atoms with Crippen molar-refractivity contribution in [2.24, 2.45) is 11.7 Å². The Bertz CT molecular complexity index is 250. The molecular weight excluding hydrogens is 222 g/mol. The van der Waals surface area contributed by atoms with Gasteiger partial charge in [0.25, 0.3) is 0 Å². The summed E-state index contributed by atoms with van der Waals surface area (Å²) in [6.45, 7) is 12.7. The Kier molecular flexibility index (Phi) is 4.68. The monoisotopic (exact) mass is 253 g/mol. The van der Waals surface area contributed by atoms with Gasteiger partial charge >= 0.3 is 0 Å². The molecule has 0 amide bonds. The van der Waals surface area contributed by atoms with E-state index in [-0.39, 0.29) is 0 Å². The molecule has 1 heterocycles. The lowest BCUT2D eigenvalue weighted by molar-refractivity contribution is 0.00816. The number of rotatable bonds is 6. The summed E-state index contributed by atoms with van der Waals surface area (Å²) < 4.78 is 0. The highest BCUT2D eigenvalue weighted by Gasteiger charge is 2.47. The van der Waals surface area contributed by atoms with E-state index >= 15 is 0 Å². The maximum absolute atomic E-state index is 6.16. The first-order valence-corrected chi connectivity index (χ1v) is 7.87. The van der Waals surface area contributed by atoms with Crippen molar-refractivity contribution in [3.8, 4) is 0 Å². The Labute approximate surface area is 113 Å². The van der Waals surface area contributed by atoms with Crippen LogP contribution in [0.2, 0.25) is 0 Å². The molecule has 1 aliphatic heterocycles. The van der Waals surface area contributed by atoms with E-state index in [0.29, 0.717) is 5.54 Å². The zero-order valence-corrected chi connectivity index (χ0v) is 12.5. The van der Waals surface area contributed by atoms with Crippen LogP contribution in [0.4, 0.5) is 0 Å². The molecule has 2 aliphatic rings. The van der Waals surface area contributed by atoms with E-state index in [0.717, 1.165) is 18.5 Å². The van der Waals surface area contributed by atoms with Crippen LogP contribution in [0.25, 0.3) is 0 Å². The summed E-state index contributed by atoms with van der Waals surface area (Å²) in [6, 6.07) is 0.738. The first-order chi connectivity index (χ1) is 8.67. The van der Waals surface area contributed by atoms with Crippen molar-refractivity contribution in [2.45, 2.75) is 58.0 Å². The van der Waals surface area contributed by atoms with Gasteiger partial charge in [-0.15, -0.1) is 0 Å². The van der Waals surface area contributed by atoms with Crippen LogP contribution in [-0.4, -0.2) is 54.1 Å². The minimum Gasteiger partial charge on any atom is -0.329 e. The van der Waals surface area contributed by atoms with E-state index in [1.165, 1.54) is 51.9 Å². The van der Waals surface area contributed by atoms with Gasteiger partial charge in [-0.1, -0.05) is 13.8 Å². The van der Waals surface area contributed by atoms with Gasteiger partial charge in [-0.2, -0.15) is 0 Å². The molecule has 106 valence electrons. The molecule has 2 rings (SSSR count). The Morgan fingerprint density at radius 3 is 2.17 bits per heavy atom. The van der Waals surface area contributed by atoms with E-state index in [1.54, 1.807) is 0 Å². The summed E-state index contributed by atoms with van der Waals surface area (Å²) in [5, 5.41) is 0. The molecule has 0 aromatic carbocycles. The predicted octanol–water partition coefficient (Wildman–Crippen LogP) is 1.92. The molecular formula is C15H31N3. The molecule has 18 heavy (non-hydrogen) atoms. The van der Waals surface area contributed by atoms with E-state index in [1.807, 2.05) is 0 Å². The second-order valence-corrected chi connectivity index (χ2v) is 6.22. The molecule has 1 aliphatic carbocycles. The van der Waals surface area contributed by atoms with E-state index in [9.17, 15) is 0 Å². The molecule has 2 unspecified atom stereocenters. The molecule has 2 atom stereocenters. The molecule has 1 saturated carbocycles. The van der Waals surface area contributed by atoms with Crippen molar-refractivity contribution < 1.29 is 0 Å². The molecule has 0 aromatic heterocycles. The average Bonchev–Trinajstić information content (AvgIpc) is 3.26. The molecule has 0 spiro atoms. The Morgan fingerprint density at radius 2 is 1.78 bits per heavy atom. The van der Waals surface area contributed by atoms with Gasteiger partial charge in [0.05, 0.1) is 0 Å². The van der Waals surface area contributed by atoms with Gasteiger partial charge in [-0.3, -0.25) is 9.80 Å². The number of nitrogens with zero attached hydrogens (tertiary/aromatic N) is 2. The van der Waals surface area contributed by atoms with Crippen LogP contribution in [0.3, 0.4) is 0 Å². The average molecular weight is 253 g/mol. The summed E-state index contributed by atoms with van der Waals surface area (Å²) in [4.78, 5) is 5.35. The second kappa shape index (κ2) is 5.89. The molecule has 2 fully saturated rings. The lowest BCUT2D eigenvalue weighted by atomic mass is 9.87. The fourth-order valence-electron chi connectivity index (χ4n) is 3.70. The molecule has 3 nitrogen and oxygen atoms in total. The van der Waals surface area contributed by atoms with Gasteiger partial charge in [0.1, 0.15) is 0 Å². The fraction of sp³-hybridized carbons (Fsp3) is 1.00. The highest BCUT2D eigenvalue weighted by Crippen LogP contribution is 2.44. The molecule has 0 aromatic rings. The van der Waals surface area contributed by atoms with E-state index in [2.05, 4.69) is 30.6 Å². The third-order valence-electron chi connectivity index (χ3n) is 5.46. The Hall–Kier alpha value is -0.120. The van der Waals surface area contributed by atoms with Crippen LogP contribution in [0, 0.1) is 5.92 Å². The van der Waals surface area contributed by atoms with Crippen LogP contribution < -0.4 is 5.73 Å². The zero-order chi connectivity index (χ0) is 13.2. The van der Waals surface area contributed by atoms with Gasteiger partial charge in [-0.25, -0.2) is 0 Å². The van der Waals surface area contributed by atoms with Gasteiger partial charge in [0.2, 0.25) is 0 Å². The van der Waals surface area contributed by atoms with Crippen molar-refractivity contribution in [3.05, 3.63) is 0 Å². The number of nitrogens with two attached hydrogens (primary N) is 1. The molecule has 3 heteroatoms. The molecule has 2 N–H and O–H groups in total. The summed E-state index contributed by atoms with van der Waals surface area (Å²) in [6.07, 6.45) is 5.28. The molecule has 1 saturated heterocycles. The van der Waals surface area contributed by atoms with Crippen LogP contribution in [0.15, 0.2) is 0 Å². The predicted molar refractivity (Wildman–Crippen MR) is 77.7 cm³/mol. The normalized spacial score (nSPS) is 28.0. The quantitative estimate of drug-likeness (QED) is 0.785. The number of piperazine rings is 1. The van der Waals surface area contributed by atoms with Crippen LogP contribution in [-0.2, 0) is 0 Å². The topological polar surface area (TPSA) is 32.5 Å². The number of hydrogen-bond donors (Lipinski definition) is 1. The first-order valence-electron chi connectivity index (χ1n) is 7.87. The van der Waals surface area contributed by atoms with E-state index < -0.39 is 0 Å². The lowest BCUT2D eigenvalue weighted by Gasteiger charge is -2.48. The molecule has 0 radical (unpaired) electrons. The number of hydrogen-bond acceptors (Lipinski definition) is 3. The SMILES string of the molecule is CCC(C)N1CCN(C(CC)(CN)C2CC2)CC1. The van der Waals surface area contributed by atoms with E-state index in [4.69, 9.17) is 5.73 Å². The van der Waals surface area contributed by atoms with Gasteiger partial charge in [0, 0.05) is 44.3 Å². The smallest absolute Gasteiger partial charge is 0.0358 e. The Balaban J connectivity index is 1.95. The van der Waals surface area contributed by atoms with Crippen molar-refractivity contribution in [1.29, 1.82) is 0 Å². The van der Waals surface area contributed by atoms with Crippen molar-refractivity contribution in [2.75, 3.05) is 32.7 Å². The maximum atomic E-state index is 6.16. The summed E-state index contributed by atoms with van der Waals surface area (Å²) in [7, 11) is 0. The zero-order valence-electron chi connectivity index (χ0n) is 12.5. The summed E-state index contributed by atoms with van der Waals surface area (Å²) in [5.41, 5.74) is 6.48. The van der Waals surface area contributed by atoms with Crippen molar-refractivity contribution in [3.63, 3.8) is 0 Å². The van der Waals surface area contributed by atoms with Crippen LogP contribution in [0.5, 0.6) is 0 Å². The summed E-state index contributed by atoms with van der Waals surface area (Å²) >= 11 is 0. The van der Waals surface area contributed by atoms with Crippen LogP contribution in [0.1, 0.15) is 46.5 Å². The minimum atomic E-state index is 0.321. The minimum absolute atomic E-state index is 0.321. The third kappa shape index (κ3) is 2.59. The maximum Gasteiger partial charge on any atom is 0.0358 e. The highest BCUT2D eigenvalue weighted by atomic mass is 15.3. The van der Waals surface area contributed by atoms with Crippen molar-refractivity contribution in [1.82, 2.24) is 9.80 Å². The van der Waals surface area contributed by atoms with Crippen LogP contribution >= 0.6 is 0 Å². The Morgan fingerprint density at radius 1 is 1.17 bits per heavy atom. The highest BCUT2D eigenvalue weighted by molar-refractivity contribution is 5.03. The third-order valence-corrected chi connectivity index (χ3v) is 5.46. The van der Waals surface area contributed by atoms with Gasteiger partial charge < -0.3 is 5.73 Å². The molecule has 0 bridgehead atoms. The van der Waals surface area contributed by atoms with Gasteiger partial charge in [0.15, 0.2) is 0 Å². The largest absolute Gasteiger partial charge is 0.329 e. The lowest BCUT2D eigenvalue weighted by Crippen LogP contribution is -2.62. The van der Waals surface area contributed by atoms with Gasteiger partial charge in [-0.05, 0) is 38.5 Å². The van der Waals surface area contributed by atoms with Crippen molar-refractivity contribution >= 4 is 0 Å². The fourth-order valence-corrected chi connectivity index (χ4v) is 3.70. The summed E-state index contributed by atoms with van der Waals surface area (Å²) in [5.74, 6) is 0.877. The standard InChI is InChI=1S/C15H31N3/c1-4-13(3)17-8-10-18(11-9-17)15(5-2,12-16)14-6-7-14/h13-14H,4-12,16H2,1-3H3. The second-order valence-electron chi connectivity index (χ2n) is 6.22. The first kappa shape index (κ1) is 14.3.